The molecule has 152 valence electrons. The lowest BCUT2D eigenvalue weighted by atomic mass is 9.99. The van der Waals surface area contributed by atoms with Gasteiger partial charge in [-0.3, -0.25) is 0 Å². The van der Waals surface area contributed by atoms with Gasteiger partial charge in [0, 0.05) is 12.0 Å². The average Bonchev–Trinajstić information content (AvgIpc) is 3.10. The number of fused-ring (bicyclic) bond motifs is 1. The molecular weight excluding hydrogens is 370 g/mol. The molecule has 29 heavy (non-hydrogen) atoms. The molecule has 0 saturated carbocycles. The summed E-state index contributed by atoms with van der Waals surface area (Å²) in [4.78, 5) is 14.0. The van der Waals surface area contributed by atoms with E-state index in [0.29, 0.717) is 25.6 Å². The van der Waals surface area contributed by atoms with Gasteiger partial charge in [0.2, 0.25) is 0 Å². The van der Waals surface area contributed by atoms with E-state index in [2.05, 4.69) is 22.6 Å². The summed E-state index contributed by atoms with van der Waals surface area (Å²) in [6.45, 7) is 7.33. The summed E-state index contributed by atoms with van der Waals surface area (Å²) in [5.41, 5.74) is 2.99. The Hall–Kier alpha value is -3.13. The fourth-order valence-electron chi connectivity index (χ4n) is 3.70. The highest BCUT2D eigenvalue weighted by Crippen LogP contribution is 2.32. The number of tetrazole rings is 1. The molecule has 0 fully saturated rings. The van der Waals surface area contributed by atoms with Gasteiger partial charge in [-0.15, -0.1) is 4.68 Å². The molecule has 8 heteroatoms. The lowest BCUT2D eigenvalue weighted by molar-refractivity contribution is -0.939. The largest absolute Gasteiger partial charge is 0.490 e. The summed E-state index contributed by atoms with van der Waals surface area (Å²) in [5.74, 6) is 1.58. The van der Waals surface area contributed by atoms with Crippen LogP contribution in [-0.2, 0) is 19.6 Å². The molecule has 1 aliphatic heterocycles. The number of aromatic nitrogens is 4. The van der Waals surface area contributed by atoms with Crippen molar-refractivity contribution in [3.05, 3.63) is 64.1 Å². The first-order chi connectivity index (χ1) is 14.2. The number of hydrogen-bond donors (Lipinski definition) is 1. The normalized spacial score (nSPS) is 15.7. The Balaban J connectivity index is 1.53. The zero-order valence-corrected chi connectivity index (χ0v) is 16.8. The topological polar surface area (TPSA) is 75.6 Å². The molecule has 1 atom stereocenters. The van der Waals surface area contributed by atoms with Gasteiger partial charge in [-0.2, -0.15) is 4.68 Å². The number of quaternary nitrogens is 1. The molecule has 1 aliphatic rings. The molecule has 0 radical (unpaired) electrons. The van der Waals surface area contributed by atoms with E-state index >= 15 is 0 Å². The molecule has 1 N–H and O–H groups in total. The minimum Gasteiger partial charge on any atom is -0.490 e. The van der Waals surface area contributed by atoms with Gasteiger partial charge in [0.1, 0.15) is 6.54 Å². The van der Waals surface area contributed by atoms with Crippen molar-refractivity contribution in [2.24, 2.45) is 0 Å². The van der Waals surface area contributed by atoms with E-state index in [4.69, 9.17) is 9.47 Å². The van der Waals surface area contributed by atoms with Crippen LogP contribution in [0.15, 0.2) is 47.3 Å². The smallest absolute Gasteiger partial charge is 0.373 e. The first-order valence-electron chi connectivity index (χ1n) is 10.0. The molecule has 1 aromatic heterocycles. The number of rotatable bonds is 7. The van der Waals surface area contributed by atoms with E-state index < -0.39 is 0 Å². The zero-order valence-electron chi connectivity index (χ0n) is 16.8. The van der Waals surface area contributed by atoms with Gasteiger partial charge >= 0.3 is 5.69 Å². The van der Waals surface area contributed by atoms with Crippen LogP contribution in [0.25, 0.3) is 5.69 Å². The van der Waals surface area contributed by atoms with Crippen molar-refractivity contribution in [1.82, 2.24) is 19.8 Å². The van der Waals surface area contributed by atoms with Crippen molar-refractivity contribution in [3.63, 3.8) is 0 Å². The third kappa shape index (κ3) is 4.02. The second-order valence-corrected chi connectivity index (χ2v) is 7.03. The fraction of sp³-hybridized carbons (Fsp3) is 0.381. The van der Waals surface area contributed by atoms with Crippen molar-refractivity contribution >= 4 is 0 Å². The minimum atomic E-state index is -0.226. The fourth-order valence-corrected chi connectivity index (χ4v) is 3.70. The van der Waals surface area contributed by atoms with E-state index in [0.717, 1.165) is 31.0 Å². The number of nitrogens with one attached hydrogen (secondary N) is 1. The summed E-state index contributed by atoms with van der Waals surface area (Å²) >= 11 is 0. The van der Waals surface area contributed by atoms with E-state index in [1.54, 1.807) is 0 Å². The highest BCUT2D eigenvalue weighted by atomic mass is 16.5. The highest BCUT2D eigenvalue weighted by molar-refractivity contribution is 5.47. The van der Waals surface area contributed by atoms with Gasteiger partial charge in [0.05, 0.1) is 25.4 Å². The Morgan fingerprint density at radius 3 is 2.38 bits per heavy atom. The molecular formula is C21H26N5O3+. The van der Waals surface area contributed by atoms with Crippen LogP contribution < -0.4 is 20.1 Å². The molecule has 0 bridgehead atoms. The van der Waals surface area contributed by atoms with Gasteiger partial charge in [-0.25, -0.2) is 4.79 Å². The monoisotopic (exact) mass is 396 g/mol. The van der Waals surface area contributed by atoms with Crippen molar-refractivity contribution < 1.29 is 14.4 Å². The van der Waals surface area contributed by atoms with Crippen LogP contribution in [0.4, 0.5) is 0 Å². The summed E-state index contributed by atoms with van der Waals surface area (Å²) in [7, 11) is 0. The number of hydrogen-bond acceptors (Lipinski definition) is 5. The maximum absolute atomic E-state index is 12.7. The molecule has 2 heterocycles. The molecule has 1 unspecified atom stereocenters. The molecule has 0 saturated heterocycles. The first kappa shape index (κ1) is 19.2. The minimum absolute atomic E-state index is 0.226. The van der Waals surface area contributed by atoms with Crippen LogP contribution in [0.2, 0.25) is 0 Å². The van der Waals surface area contributed by atoms with Crippen molar-refractivity contribution in [1.29, 1.82) is 0 Å². The van der Waals surface area contributed by atoms with Crippen LogP contribution in [-0.4, -0.2) is 39.5 Å². The molecule has 3 aromatic rings. The quantitative estimate of drug-likeness (QED) is 0.640. The summed E-state index contributed by atoms with van der Waals surface area (Å²) < 4.78 is 14.3. The van der Waals surface area contributed by atoms with E-state index in [1.807, 2.05) is 44.2 Å². The van der Waals surface area contributed by atoms with Crippen LogP contribution in [0, 0.1) is 0 Å². The van der Waals surface area contributed by atoms with Crippen LogP contribution in [0.3, 0.4) is 0 Å². The maximum Gasteiger partial charge on any atom is 0.373 e. The van der Waals surface area contributed by atoms with Crippen molar-refractivity contribution in [2.45, 2.75) is 33.5 Å². The third-order valence-corrected chi connectivity index (χ3v) is 5.07. The second-order valence-electron chi connectivity index (χ2n) is 7.03. The van der Waals surface area contributed by atoms with Gasteiger partial charge in [0.25, 0.3) is 0 Å². The van der Waals surface area contributed by atoms with E-state index in [-0.39, 0.29) is 5.69 Å². The summed E-state index contributed by atoms with van der Waals surface area (Å²) in [5, 5.41) is 8.11. The SMILES string of the molecule is CCOc1cc2c(cc1OCC)C[NH+](Cn1nnn(-c3ccccc3)c1=O)CC2. The predicted molar refractivity (Wildman–Crippen MR) is 108 cm³/mol. The molecule has 0 spiro atoms. The van der Waals surface area contributed by atoms with Gasteiger partial charge in [0.15, 0.2) is 18.2 Å². The standard InChI is InChI=1S/C21H25N5O3/c1-3-28-19-12-16-10-11-24(14-17(16)13-20(19)29-4-2)15-25-21(27)26(23-22-25)18-8-6-5-7-9-18/h5-9,12-13H,3-4,10-11,14-15H2,1-2H3/p+1. The molecule has 4 rings (SSSR count). The van der Waals surface area contributed by atoms with Crippen LogP contribution in [0.1, 0.15) is 25.0 Å². The average molecular weight is 396 g/mol. The number of benzene rings is 2. The van der Waals surface area contributed by atoms with Crippen molar-refractivity contribution in [3.8, 4) is 17.2 Å². The molecule has 0 amide bonds. The maximum atomic E-state index is 12.7. The van der Waals surface area contributed by atoms with Crippen LogP contribution in [0.5, 0.6) is 11.5 Å². The Morgan fingerprint density at radius 1 is 1.00 bits per heavy atom. The van der Waals surface area contributed by atoms with Gasteiger partial charge in [-0.05, 0) is 54.1 Å². The van der Waals surface area contributed by atoms with Crippen molar-refractivity contribution in [2.75, 3.05) is 19.8 Å². The predicted octanol–water partition coefficient (Wildman–Crippen LogP) is 0.825. The molecule has 8 nitrogen and oxygen atoms in total. The lowest BCUT2D eigenvalue weighted by Crippen LogP contribution is -3.11. The molecule has 0 aliphatic carbocycles. The van der Waals surface area contributed by atoms with Gasteiger partial charge in [-0.1, -0.05) is 18.2 Å². The Bertz CT molecular complexity index is 1030. The second kappa shape index (κ2) is 8.48. The van der Waals surface area contributed by atoms with E-state index in [9.17, 15) is 4.79 Å². The first-order valence-corrected chi connectivity index (χ1v) is 10.0. The van der Waals surface area contributed by atoms with E-state index in [1.165, 1.54) is 25.4 Å². The summed E-state index contributed by atoms with van der Waals surface area (Å²) in [6.07, 6.45) is 0.915. The number of ether oxygens (including phenoxy) is 2. The van der Waals surface area contributed by atoms with Crippen LogP contribution >= 0.6 is 0 Å². The third-order valence-electron chi connectivity index (χ3n) is 5.07. The lowest BCUT2D eigenvalue weighted by Gasteiger charge is -2.26. The summed E-state index contributed by atoms with van der Waals surface area (Å²) in [6, 6.07) is 13.5. The highest BCUT2D eigenvalue weighted by Gasteiger charge is 2.24. The Morgan fingerprint density at radius 2 is 1.69 bits per heavy atom. The zero-order chi connectivity index (χ0) is 20.2. The Labute approximate surface area is 169 Å². The molecule has 2 aromatic carbocycles. The van der Waals surface area contributed by atoms with Gasteiger partial charge < -0.3 is 14.4 Å². The number of para-hydroxylation sites is 1. The number of nitrogens with zero attached hydrogens (tertiary/aromatic N) is 4. The Kier molecular flexibility index (Phi) is 5.62.